The third kappa shape index (κ3) is 4.63. The largest absolute Gasteiger partial charge is 0.310 e. The van der Waals surface area contributed by atoms with Gasteiger partial charge in [-0.3, -0.25) is 0 Å². The van der Waals surface area contributed by atoms with E-state index in [0.29, 0.717) is 6.04 Å². The first-order valence-electron chi connectivity index (χ1n) is 8.36. The Hall–Kier alpha value is -0.820. The van der Waals surface area contributed by atoms with Crippen LogP contribution in [0.3, 0.4) is 0 Å². The van der Waals surface area contributed by atoms with Crippen molar-refractivity contribution < 1.29 is 0 Å². The summed E-state index contributed by atoms with van der Waals surface area (Å²) in [6.45, 7) is 10.2. The molecule has 1 aromatic carbocycles. The van der Waals surface area contributed by atoms with Gasteiger partial charge in [0.15, 0.2) is 0 Å². The SMILES string of the molecule is Cc1cc(C)cc(C(C)NCCC2CCC(C)CC2)c1. The lowest BCUT2D eigenvalue weighted by atomic mass is 9.81. The molecule has 0 heterocycles. The lowest BCUT2D eigenvalue weighted by Crippen LogP contribution is -2.23. The van der Waals surface area contributed by atoms with Crippen molar-refractivity contribution in [3.8, 4) is 0 Å². The average molecular weight is 273 g/mol. The molecule has 112 valence electrons. The maximum Gasteiger partial charge on any atom is 0.0291 e. The van der Waals surface area contributed by atoms with Gasteiger partial charge in [0.05, 0.1) is 0 Å². The van der Waals surface area contributed by atoms with Gasteiger partial charge in [-0.1, -0.05) is 61.9 Å². The molecule has 1 nitrogen and oxygen atoms in total. The van der Waals surface area contributed by atoms with Crippen molar-refractivity contribution in [2.45, 2.75) is 65.8 Å². The molecule has 0 bridgehead atoms. The second-order valence-corrected chi connectivity index (χ2v) is 7.01. The zero-order valence-electron chi connectivity index (χ0n) is 13.7. The maximum atomic E-state index is 3.71. The third-order valence-corrected chi connectivity index (χ3v) is 4.88. The smallest absolute Gasteiger partial charge is 0.0291 e. The molecule has 0 amide bonds. The van der Waals surface area contributed by atoms with E-state index in [1.807, 2.05) is 0 Å². The first-order valence-corrected chi connectivity index (χ1v) is 8.36. The number of benzene rings is 1. The molecule has 20 heavy (non-hydrogen) atoms. The van der Waals surface area contributed by atoms with Crippen molar-refractivity contribution in [3.05, 3.63) is 34.9 Å². The van der Waals surface area contributed by atoms with E-state index in [0.717, 1.165) is 18.4 Å². The van der Waals surface area contributed by atoms with Crippen LogP contribution in [0.5, 0.6) is 0 Å². The summed E-state index contributed by atoms with van der Waals surface area (Å²) in [5.41, 5.74) is 4.17. The topological polar surface area (TPSA) is 12.0 Å². The molecule has 1 N–H and O–H groups in total. The summed E-state index contributed by atoms with van der Waals surface area (Å²) in [6.07, 6.45) is 7.12. The van der Waals surface area contributed by atoms with Gasteiger partial charge in [0.25, 0.3) is 0 Å². The third-order valence-electron chi connectivity index (χ3n) is 4.88. The normalized spacial score (nSPS) is 24.6. The highest BCUT2D eigenvalue weighted by atomic mass is 14.9. The molecule has 1 aliphatic carbocycles. The standard InChI is InChI=1S/C19H31N/c1-14-5-7-18(8-6-14)9-10-20-17(4)19-12-15(2)11-16(3)13-19/h11-14,17-18,20H,5-10H2,1-4H3. The van der Waals surface area contributed by atoms with Crippen LogP contribution >= 0.6 is 0 Å². The van der Waals surface area contributed by atoms with E-state index >= 15 is 0 Å². The number of rotatable bonds is 5. The number of nitrogens with one attached hydrogen (secondary N) is 1. The predicted molar refractivity (Wildman–Crippen MR) is 88.1 cm³/mol. The van der Waals surface area contributed by atoms with E-state index in [9.17, 15) is 0 Å². The summed E-state index contributed by atoms with van der Waals surface area (Å²) >= 11 is 0. The van der Waals surface area contributed by atoms with Gasteiger partial charge in [-0.05, 0) is 51.1 Å². The van der Waals surface area contributed by atoms with Crippen molar-refractivity contribution in [1.82, 2.24) is 5.32 Å². The Morgan fingerprint density at radius 1 is 1.05 bits per heavy atom. The molecule has 1 atom stereocenters. The fraction of sp³-hybridized carbons (Fsp3) is 0.684. The molecule has 1 aliphatic rings. The van der Waals surface area contributed by atoms with Gasteiger partial charge in [0, 0.05) is 6.04 Å². The van der Waals surface area contributed by atoms with Crippen LogP contribution in [0.1, 0.15) is 68.7 Å². The number of hydrogen-bond donors (Lipinski definition) is 1. The zero-order chi connectivity index (χ0) is 14.5. The van der Waals surface area contributed by atoms with E-state index < -0.39 is 0 Å². The van der Waals surface area contributed by atoms with E-state index in [4.69, 9.17) is 0 Å². The highest BCUT2D eigenvalue weighted by molar-refractivity contribution is 5.30. The van der Waals surface area contributed by atoms with Gasteiger partial charge in [0.2, 0.25) is 0 Å². The second kappa shape index (κ2) is 7.26. The Kier molecular flexibility index (Phi) is 5.65. The van der Waals surface area contributed by atoms with Crippen LogP contribution in [0.15, 0.2) is 18.2 Å². The number of hydrogen-bond acceptors (Lipinski definition) is 1. The van der Waals surface area contributed by atoms with Crippen molar-refractivity contribution >= 4 is 0 Å². The predicted octanol–water partition coefficient (Wildman–Crippen LogP) is 5.17. The minimum atomic E-state index is 0.469. The molecular formula is C19H31N. The zero-order valence-corrected chi connectivity index (χ0v) is 13.7. The van der Waals surface area contributed by atoms with E-state index in [2.05, 4.69) is 51.2 Å². The van der Waals surface area contributed by atoms with Gasteiger partial charge in [-0.15, -0.1) is 0 Å². The Balaban J connectivity index is 1.76. The summed E-state index contributed by atoms with van der Waals surface area (Å²) in [6, 6.07) is 7.34. The lowest BCUT2D eigenvalue weighted by molar-refractivity contribution is 0.273. The Labute approximate surface area is 125 Å². The molecule has 1 unspecified atom stereocenters. The second-order valence-electron chi connectivity index (χ2n) is 7.01. The Morgan fingerprint density at radius 2 is 1.65 bits per heavy atom. The fourth-order valence-corrected chi connectivity index (χ4v) is 3.50. The summed E-state index contributed by atoms with van der Waals surface area (Å²) in [5, 5.41) is 3.71. The molecule has 0 saturated heterocycles. The first kappa shape index (κ1) is 15.6. The minimum Gasteiger partial charge on any atom is -0.310 e. The first-order chi connectivity index (χ1) is 9.54. The van der Waals surface area contributed by atoms with Crippen molar-refractivity contribution in [2.75, 3.05) is 6.54 Å². The molecule has 2 rings (SSSR count). The molecule has 0 spiro atoms. The monoisotopic (exact) mass is 273 g/mol. The molecule has 0 aromatic heterocycles. The molecule has 1 aromatic rings. The number of aryl methyl sites for hydroxylation is 2. The lowest BCUT2D eigenvalue weighted by Gasteiger charge is -2.26. The Morgan fingerprint density at radius 3 is 2.25 bits per heavy atom. The van der Waals surface area contributed by atoms with Crippen LogP contribution in [0, 0.1) is 25.7 Å². The molecule has 1 fully saturated rings. The van der Waals surface area contributed by atoms with Gasteiger partial charge in [-0.25, -0.2) is 0 Å². The van der Waals surface area contributed by atoms with Gasteiger partial charge in [-0.2, -0.15) is 0 Å². The highest BCUT2D eigenvalue weighted by Crippen LogP contribution is 2.30. The molecular weight excluding hydrogens is 242 g/mol. The molecule has 0 aliphatic heterocycles. The van der Waals surface area contributed by atoms with Gasteiger partial charge < -0.3 is 5.32 Å². The quantitative estimate of drug-likeness (QED) is 0.780. The van der Waals surface area contributed by atoms with Crippen LogP contribution in [-0.2, 0) is 0 Å². The highest BCUT2D eigenvalue weighted by Gasteiger charge is 2.18. The van der Waals surface area contributed by atoms with Crippen LogP contribution in [0.2, 0.25) is 0 Å². The van der Waals surface area contributed by atoms with Crippen LogP contribution in [0.4, 0.5) is 0 Å². The van der Waals surface area contributed by atoms with Crippen molar-refractivity contribution in [2.24, 2.45) is 11.8 Å². The fourth-order valence-electron chi connectivity index (χ4n) is 3.50. The summed E-state index contributed by atoms with van der Waals surface area (Å²) in [5.74, 6) is 1.93. The van der Waals surface area contributed by atoms with E-state index in [-0.39, 0.29) is 0 Å². The molecule has 1 heteroatoms. The van der Waals surface area contributed by atoms with Crippen LogP contribution in [-0.4, -0.2) is 6.54 Å². The summed E-state index contributed by atoms with van der Waals surface area (Å²) < 4.78 is 0. The minimum absolute atomic E-state index is 0.469. The average Bonchev–Trinajstić information content (AvgIpc) is 2.40. The van der Waals surface area contributed by atoms with Crippen LogP contribution in [0.25, 0.3) is 0 Å². The van der Waals surface area contributed by atoms with Gasteiger partial charge >= 0.3 is 0 Å². The van der Waals surface area contributed by atoms with E-state index in [1.165, 1.54) is 48.8 Å². The van der Waals surface area contributed by atoms with Gasteiger partial charge in [0.1, 0.15) is 0 Å². The summed E-state index contributed by atoms with van der Waals surface area (Å²) in [4.78, 5) is 0. The van der Waals surface area contributed by atoms with Crippen molar-refractivity contribution in [3.63, 3.8) is 0 Å². The Bertz CT molecular complexity index is 396. The molecule has 1 saturated carbocycles. The van der Waals surface area contributed by atoms with E-state index in [1.54, 1.807) is 0 Å². The van der Waals surface area contributed by atoms with Crippen LogP contribution < -0.4 is 5.32 Å². The summed E-state index contributed by atoms with van der Waals surface area (Å²) in [7, 11) is 0. The van der Waals surface area contributed by atoms with Crippen molar-refractivity contribution in [1.29, 1.82) is 0 Å². The maximum absolute atomic E-state index is 3.71. The molecule has 0 radical (unpaired) electrons.